The fourth-order valence-corrected chi connectivity index (χ4v) is 4.80. The van der Waals surface area contributed by atoms with Gasteiger partial charge in [0.15, 0.2) is 0 Å². The Kier molecular flexibility index (Phi) is 5.86. The van der Waals surface area contributed by atoms with E-state index in [1.165, 1.54) is 17.7 Å². The van der Waals surface area contributed by atoms with E-state index in [0.29, 0.717) is 18.6 Å². The number of nitrogens with zero attached hydrogens (tertiary/aromatic N) is 3. The molecule has 1 aromatic heterocycles. The van der Waals surface area contributed by atoms with Gasteiger partial charge in [-0.3, -0.25) is 0 Å². The highest BCUT2D eigenvalue weighted by molar-refractivity contribution is 5.93. The molecule has 0 bridgehead atoms. The number of rotatable bonds is 5. The number of halogens is 3. The highest BCUT2D eigenvalue weighted by Crippen LogP contribution is 2.46. The van der Waals surface area contributed by atoms with Gasteiger partial charge in [-0.2, -0.15) is 0 Å². The number of allylic oxidation sites excluding steroid dienone is 1. The molecule has 0 saturated carbocycles. The van der Waals surface area contributed by atoms with E-state index in [0.717, 1.165) is 41.2 Å². The van der Waals surface area contributed by atoms with Crippen LogP contribution in [0.5, 0.6) is 0 Å². The van der Waals surface area contributed by atoms with Crippen LogP contribution in [0.15, 0.2) is 42.6 Å². The monoisotopic (exact) mass is 468 g/mol. The smallest absolute Gasteiger partial charge is 0.273 e. The summed E-state index contributed by atoms with van der Waals surface area (Å²) in [7, 11) is 2.01. The predicted molar refractivity (Wildman–Crippen MR) is 132 cm³/mol. The van der Waals surface area contributed by atoms with Crippen LogP contribution in [0.3, 0.4) is 0 Å². The largest absolute Gasteiger partial charge is 0.363 e. The van der Waals surface area contributed by atoms with Gasteiger partial charge in [-0.15, -0.1) is 0 Å². The zero-order valence-corrected chi connectivity index (χ0v) is 20.6. The zero-order chi connectivity index (χ0) is 25.0. The molecule has 7 heteroatoms. The maximum atomic E-state index is 15.0. The minimum Gasteiger partial charge on any atom is -0.363 e. The Morgan fingerprint density at radius 2 is 1.97 bits per heavy atom. The first-order valence-corrected chi connectivity index (χ1v) is 11.5. The van der Waals surface area contributed by atoms with Crippen LogP contribution >= 0.6 is 0 Å². The molecule has 2 atom stereocenters. The SMILES string of the molecule is C=C1N(C)c2cc3c(N[C@H](C)c4cccc(C(C)(F)F)c4F)nc(C)nc3cc2CC1(C)CC. The van der Waals surface area contributed by atoms with Gasteiger partial charge in [0.25, 0.3) is 5.92 Å². The van der Waals surface area contributed by atoms with E-state index < -0.39 is 23.3 Å². The van der Waals surface area contributed by atoms with Crippen molar-refractivity contribution in [1.82, 2.24) is 9.97 Å². The predicted octanol–water partition coefficient (Wildman–Crippen LogP) is 7.28. The lowest BCUT2D eigenvalue weighted by molar-refractivity contribution is 0.0136. The summed E-state index contributed by atoms with van der Waals surface area (Å²) in [5, 5.41) is 4.03. The Bertz CT molecular complexity index is 1280. The molecule has 34 heavy (non-hydrogen) atoms. The topological polar surface area (TPSA) is 41.0 Å². The van der Waals surface area contributed by atoms with Gasteiger partial charge in [-0.05, 0) is 44.4 Å². The van der Waals surface area contributed by atoms with Crippen molar-refractivity contribution >= 4 is 22.4 Å². The summed E-state index contributed by atoms with van der Waals surface area (Å²) >= 11 is 0. The standard InChI is InChI=1S/C27H31F3N4/c1-8-26(5)14-18-12-22-20(13-23(18)34(7)16(26)3)25(33-17(4)32-22)31-15(2)19-10-9-11-21(24(19)28)27(6,29)30/h9-13,15H,3,8,14H2,1-2,4-7H3,(H,31,32,33)/t15-,26?/m1/s1. The molecule has 180 valence electrons. The fourth-order valence-electron chi connectivity index (χ4n) is 4.80. The number of hydrogen-bond acceptors (Lipinski definition) is 4. The van der Waals surface area contributed by atoms with Crippen LogP contribution in [0.25, 0.3) is 10.9 Å². The van der Waals surface area contributed by atoms with Crippen molar-refractivity contribution in [3.8, 4) is 0 Å². The first-order chi connectivity index (χ1) is 15.9. The molecule has 0 aliphatic carbocycles. The second-order valence-corrected chi connectivity index (χ2v) is 9.68. The summed E-state index contributed by atoms with van der Waals surface area (Å²) in [5.41, 5.74) is 3.57. The fraction of sp³-hybridized carbons (Fsp3) is 0.407. The Morgan fingerprint density at radius 3 is 2.62 bits per heavy atom. The van der Waals surface area contributed by atoms with Gasteiger partial charge in [0.1, 0.15) is 17.5 Å². The molecule has 1 unspecified atom stereocenters. The molecule has 1 aliphatic heterocycles. The summed E-state index contributed by atoms with van der Waals surface area (Å²) in [5.74, 6) is -3.06. The molecule has 3 aromatic rings. The molecule has 0 amide bonds. The molecule has 0 radical (unpaired) electrons. The lowest BCUT2D eigenvalue weighted by atomic mass is 9.75. The van der Waals surface area contributed by atoms with Crippen molar-refractivity contribution in [2.75, 3.05) is 17.3 Å². The summed E-state index contributed by atoms with van der Waals surface area (Å²) in [6, 6.07) is 7.62. The summed E-state index contributed by atoms with van der Waals surface area (Å²) in [4.78, 5) is 11.3. The molecule has 1 aliphatic rings. The lowest BCUT2D eigenvalue weighted by Crippen LogP contribution is -2.36. The average molecular weight is 469 g/mol. The third kappa shape index (κ3) is 4.01. The second kappa shape index (κ2) is 8.29. The molecule has 2 heterocycles. The number of aromatic nitrogens is 2. The zero-order valence-electron chi connectivity index (χ0n) is 20.6. The van der Waals surface area contributed by atoms with Gasteiger partial charge in [-0.1, -0.05) is 38.6 Å². The minimum absolute atomic E-state index is 0.0308. The Labute approximate surface area is 198 Å². The highest BCUT2D eigenvalue weighted by Gasteiger charge is 2.35. The van der Waals surface area contributed by atoms with Crippen molar-refractivity contribution < 1.29 is 13.2 Å². The van der Waals surface area contributed by atoms with Crippen LogP contribution in [0.1, 0.15) is 62.7 Å². The molecule has 1 N–H and O–H groups in total. The van der Waals surface area contributed by atoms with E-state index >= 15 is 0 Å². The number of anilines is 2. The second-order valence-electron chi connectivity index (χ2n) is 9.68. The normalized spacial score (nSPS) is 19.3. The third-order valence-corrected chi connectivity index (χ3v) is 7.15. The molecular weight excluding hydrogens is 437 g/mol. The third-order valence-electron chi connectivity index (χ3n) is 7.15. The molecule has 0 spiro atoms. The van der Waals surface area contributed by atoms with Gasteiger partial charge >= 0.3 is 0 Å². The number of nitrogens with one attached hydrogen (secondary N) is 1. The molecule has 4 rings (SSSR count). The number of hydrogen-bond donors (Lipinski definition) is 1. The minimum atomic E-state index is -3.27. The van der Waals surface area contributed by atoms with E-state index in [9.17, 15) is 13.2 Å². The number of aryl methyl sites for hydroxylation is 1. The van der Waals surface area contributed by atoms with Crippen molar-refractivity contribution in [2.24, 2.45) is 5.41 Å². The van der Waals surface area contributed by atoms with E-state index in [1.807, 2.05) is 13.1 Å². The van der Waals surface area contributed by atoms with Crippen molar-refractivity contribution in [3.05, 3.63) is 70.9 Å². The van der Waals surface area contributed by atoms with Crippen LogP contribution in [-0.4, -0.2) is 17.0 Å². The first-order valence-electron chi connectivity index (χ1n) is 11.5. The van der Waals surface area contributed by atoms with Crippen molar-refractivity contribution in [1.29, 1.82) is 0 Å². The molecule has 4 nitrogen and oxygen atoms in total. The van der Waals surface area contributed by atoms with Crippen LogP contribution in [0.2, 0.25) is 0 Å². The summed E-state index contributed by atoms with van der Waals surface area (Å²) in [6.07, 6.45) is 1.84. The molecule has 2 aromatic carbocycles. The van der Waals surface area contributed by atoms with E-state index in [2.05, 4.69) is 46.7 Å². The maximum Gasteiger partial charge on any atom is 0.273 e. The van der Waals surface area contributed by atoms with Gasteiger partial charge in [-0.25, -0.2) is 23.1 Å². The lowest BCUT2D eigenvalue weighted by Gasteiger charge is -2.43. The van der Waals surface area contributed by atoms with Crippen molar-refractivity contribution in [2.45, 2.75) is 59.4 Å². The van der Waals surface area contributed by atoms with E-state index in [-0.39, 0.29) is 11.0 Å². The van der Waals surface area contributed by atoms with Gasteiger partial charge < -0.3 is 10.2 Å². The average Bonchev–Trinajstić information content (AvgIpc) is 2.76. The van der Waals surface area contributed by atoms with E-state index in [1.54, 1.807) is 13.8 Å². The van der Waals surface area contributed by atoms with Gasteiger partial charge in [0.2, 0.25) is 0 Å². The van der Waals surface area contributed by atoms with Crippen LogP contribution in [-0.2, 0) is 12.3 Å². The molecule has 0 fully saturated rings. The maximum absolute atomic E-state index is 15.0. The Balaban J connectivity index is 1.79. The van der Waals surface area contributed by atoms with Gasteiger partial charge in [0.05, 0.1) is 17.1 Å². The van der Waals surface area contributed by atoms with Crippen LogP contribution in [0.4, 0.5) is 24.7 Å². The highest BCUT2D eigenvalue weighted by atomic mass is 19.3. The molecular formula is C27H31F3N4. The molecule has 0 saturated heterocycles. The Hall–Kier alpha value is -3.09. The number of alkyl halides is 2. The van der Waals surface area contributed by atoms with E-state index in [4.69, 9.17) is 0 Å². The summed E-state index contributed by atoms with van der Waals surface area (Å²) in [6.45, 7) is 13.0. The summed E-state index contributed by atoms with van der Waals surface area (Å²) < 4.78 is 42.7. The Morgan fingerprint density at radius 1 is 1.26 bits per heavy atom. The quantitative estimate of drug-likeness (QED) is 0.427. The van der Waals surface area contributed by atoms with Crippen molar-refractivity contribution in [3.63, 3.8) is 0 Å². The van der Waals surface area contributed by atoms with Crippen LogP contribution < -0.4 is 10.2 Å². The van der Waals surface area contributed by atoms with Crippen LogP contribution in [0, 0.1) is 18.2 Å². The first kappa shape index (κ1) is 24.0. The van der Waals surface area contributed by atoms with Gasteiger partial charge in [0, 0.05) is 41.7 Å². The number of benzene rings is 2. The number of fused-ring (bicyclic) bond motifs is 2.